The molecule has 1 N–H and O–H groups in total. The number of halogens is 4. The van der Waals surface area contributed by atoms with Gasteiger partial charge in [0.25, 0.3) is 5.91 Å². The molecule has 0 fully saturated rings. The van der Waals surface area contributed by atoms with Crippen LogP contribution in [0.2, 0.25) is 0 Å². The van der Waals surface area contributed by atoms with E-state index in [2.05, 4.69) is 5.32 Å². The Labute approximate surface area is 169 Å². The molecule has 0 aromatic heterocycles. The van der Waals surface area contributed by atoms with Gasteiger partial charge < -0.3 is 10.1 Å². The van der Waals surface area contributed by atoms with Crippen LogP contribution >= 0.6 is 0 Å². The van der Waals surface area contributed by atoms with E-state index >= 15 is 0 Å². The number of rotatable bonds is 4. The summed E-state index contributed by atoms with van der Waals surface area (Å²) in [4.78, 5) is 12.2. The molecular formula is C23H15F4NO2. The molecule has 0 atom stereocenters. The molecule has 3 aromatic rings. The smallest absolute Gasteiger partial charge is 0.416 e. The first kappa shape index (κ1) is 19.7. The molecule has 0 bridgehead atoms. The third kappa shape index (κ3) is 4.20. The molecule has 0 aliphatic carbocycles. The Balaban J connectivity index is 1.50. The van der Waals surface area contributed by atoms with Gasteiger partial charge >= 0.3 is 6.18 Å². The number of hydrogen-bond acceptors (Lipinski definition) is 2. The predicted octanol–water partition coefficient (Wildman–Crippen LogP) is 5.92. The molecule has 1 heterocycles. The lowest BCUT2D eigenvalue weighted by atomic mass is 10.0. The highest BCUT2D eigenvalue weighted by molar-refractivity contribution is 6.34. The van der Waals surface area contributed by atoms with E-state index in [0.717, 1.165) is 17.7 Å². The summed E-state index contributed by atoms with van der Waals surface area (Å²) in [6, 6.07) is 16.1. The minimum Gasteiger partial charge on any atom is -0.489 e. The zero-order valence-electron chi connectivity index (χ0n) is 15.5. The normalized spacial score (nSPS) is 14.5. The molecular weight excluding hydrogens is 398 g/mol. The van der Waals surface area contributed by atoms with Crippen molar-refractivity contribution in [2.24, 2.45) is 0 Å². The van der Waals surface area contributed by atoms with E-state index in [0.29, 0.717) is 22.4 Å². The molecule has 1 aliphatic rings. The third-order valence-corrected chi connectivity index (χ3v) is 4.64. The van der Waals surface area contributed by atoms with Crippen LogP contribution in [-0.2, 0) is 17.6 Å². The van der Waals surface area contributed by atoms with E-state index in [9.17, 15) is 22.4 Å². The molecule has 152 valence electrons. The van der Waals surface area contributed by atoms with Crippen molar-refractivity contribution in [2.45, 2.75) is 12.8 Å². The lowest BCUT2D eigenvalue weighted by Crippen LogP contribution is -2.06. The number of carbonyl (C=O) groups is 1. The van der Waals surface area contributed by atoms with Crippen molar-refractivity contribution in [1.82, 2.24) is 0 Å². The monoisotopic (exact) mass is 413 g/mol. The summed E-state index contributed by atoms with van der Waals surface area (Å²) in [7, 11) is 0. The molecule has 4 rings (SSSR count). The Kier molecular flexibility index (Phi) is 5.03. The fourth-order valence-corrected chi connectivity index (χ4v) is 3.09. The highest BCUT2D eigenvalue weighted by atomic mass is 19.4. The van der Waals surface area contributed by atoms with Gasteiger partial charge in [0, 0.05) is 16.8 Å². The Morgan fingerprint density at radius 1 is 0.933 bits per heavy atom. The van der Waals surface area contributed by atoms with Crippen LogP contribution in [-0.4, -0.2) is 5.91 Å². The number of carbonyl (C=O) groups excluding carboxylic acids is 1. The van der Waals surface area contributed by atoms with Crippen molar-refractivity contribution in [3.05, 3.63) is 94.8 Å². The minimum atomic E-state index is -4.48. The van der Waals surface area contributed by atoms with Gasteiger partial charge in [-0.05, 0) is 53.6 Å². The van der Waals surface area contributed by atoms with Crippen LogP contribution < -0.4 is 10.1 Å². The second kappa shape index (κ2) is 7.67. The molecule has 0 unspecified atom stereocenters. The lowest BCUT2D eigenvalue weighted by molar-refractivity contribution is -0.137. The summed E-state index contributed by atoms with van der Waals surface area (Å²) in [6.07, 6.45) is -2.87. The van der Waals surface area contributed by atoms with Crippen LogP contribution in [0.15, 0.2) is 66.7 Å². The summed E-state index contributed by atoms with van der Waals surface area (Å²) in [6.45, 7) is 0.276. The second-order valence-corrected chi connectivity index (χ2v) is 6.75. The molecule has 0 saturated carbocycles. The van der Waals surface area contributed by atoms with Crippen LogP contribution in [0, 0.1) is 5.82 Å². The van der Waals surface area contributed by atoms with Crippen LogP contribution in [0.25, 0.3) is 11.6 Å². The Hall–Kier alpha value is -3.61. The van der Waals surface area contributed by atoms with Crippen molar-refractivity contribution in [3.8, 4) is 5.75 Å². The number of anilines is 1. The standard InChI is InChI=1S/C23H15F4NO2/c24-17-6-1-15(2-7-17)13-30-18-8-3-14(4-9-18)11-20-19-10-5-16(23(25,26)27)12-21(19)28-22(20)29/h1-12H,13H2,(H,28,29)/b20-11+. The summed E-state index contributed by atoms with van der Waals surface area (Å²) >= 11 is 0. The van der Waals surface area contributed by atoms with Gasteiger partial charge in [0.1, 0.15) is 18.2 Å². The zero-order valence-corrected chi connectivity index (χ0v) is 15.5. The molecule has 3 nitrogen and oxygen atoms in total. The number of hydrogen-bond donors (Lipinski definition) is 1. The first-order valence-electron chi connectivity index (χ1n) is 9.01. The minimum absolute atomic E-state index is 0.139. The van der Waals surface area contributed by atoms with Gasteiger partial charge in [-0.25, -0.2) is 4.39 Å². The van der Waals surface area contributed by atoms with Gasteiger partial charge in [0.2, 0.25) is 0 Å². The molecule has 3 aromatic carbocycles. The molecule has 0 saturated heterocycles. The zero-order chi connectivity index (χ0) is 21.3. The van der Waals surface area contributed by atoms with Crippen molar-refractivity contribution in [1.29, 1.82) is 0 Å². The first-order chi connectivity index (χ1) is 14.3. The van der Waals surface area contributed by atoms with Gasteiger partial charge in [-0.1, -0.05) is 30.3 Å². The molecule has 30 heavy (non-hydrogen) atoms. The Bertz CT molecular complexity index is 1120. The van der Waals surface area contributed by atoms with E-state index in [-0.39, 0.29) is 18.1 Å². The average molecular weight is 413 g/mol. The van der Waals surface area contributed by atoms with Crippen LogP contribution in [0.4, 0.5) is 23.2 Å². The van der Waals surface area contributed by atoms with Gasteiger partial charge in [-0.15, -0.1) is 0 Å². The van der Waals surface area contributed by atoms with Gasteiger partial charge in [-0.2, -0.15) is 13.2 Å². The molecule has 0 spiro atoms. The maximum absolute atomic E-state index is 12.9. The number of amides is 1. The Morgan fingerprint density at radius 3 is 2.30 bits per heavy atom. The van der Waals surface area contributed by atoms with Crippen LogP contribution in [0.3, 0.4) is 0 Å². The van der Waals surface area contributed by atoms with Crippen LogP contribution in [0.5, 0.6) is 5.75 Å². The van der Waals surface area contributed by atoms with Gasteiger partial charge in [0.05, 0.1) is 5.56 Å². The van der Waals surface area contributed by atoms with Crippen molar-refractivity contribution in [3.63, 3.8) is 0 Å². The van der Waals surface area contributed by atoms with E-state index in [1.165, 1.54) is 18.2 Å². The first-order valence-corrected chi connectivity index (χ1v) is 9.01. The SMILES string of the molecule is O=C1Nc2cc(C(F)(F)F)ccc2/C1=C\c1ccc(OCc2ccc(F)cc2)cc1. The Morgan fingerprint density at radius 2 is 1.63 bits per heavy atom. The summed E-state index contributed by atoms with van der Waals surface area (Å²) < 4.78 is 57.2. The highest BCUT2D eigenvalue weighted by Gasteiger charge is 2.33. The highest BCUT2D eigenvalue weighted by Crippen LogP contribution is 2.38. The van der Waals surface area contributed by atoms with E-state index in [1.54, 1.807) is 42.5 Å². The largest absolute Gasteiger partial charge is 0.489 e. The fraction of sp³-hybridized carbons (Fsp3) is 0.0870. The topological polar surface area (TPSA) is 38.3 Å². The predicted molar refractivity (Wildman–Crippen MR) is 105 cm³/mol. The summed E-state index contributed by atoms with van der Waals surface area (Å²) in [5, 5.41) is 2.48. The van der Waals surface area contributed by atoms with Crippen molar-refractivity contribution < 1.29 is 27.1 Å². The number of alkyl halides is 3. The van der Waals surface area contributed by atoms with Crippen molar-refractivity contribution >= 4 is 23.2 Å². The van der Waals surface area contributed by atoms with Gasteiger partial charge in [-0.3, -0.25) is 4.79 Å². The number of benzene rings is 3. The van der Waals surface area contributed by atoms with Crippen LogP contribution in [0.1, 0.15) is 22.3 Å². The maximum Gasteiger partial charge on any atom is 0.416 e. The number of fused-ring (bicyclic) bond motifs is 1. The van der Waals surface area contributed by atoms with Crippen molar-refractivity contribution in [2.75, 3.05) is 5.32 Å². The molecule has 1 amide bonds. The third-order valence-electron chi connectivity index (χ3n) is 4.64. The summed E-state index contributed by atoms with van der Waals surface area (Å²) in [5.41, 5.74) is 1.55. The molecule has 0 radical (unpaired) electrons. The number of ether oxygens (including phenoxy) is 1. The van der Waals surface area contributed by atoms with E-state index < -0.39 is 17.6 Å². The number of nitrogens with one attached hydrogen (secondary N) is 1. The second-order valence-electron chi connectivity index (χ2n) is 6.75. The quantitative estimate of drug-likeness (QED) is 0.426. The molecule has 1 aliphatic heterocycles. The summed E-state index contributed by atoms with van der Waals surface area (Å²) in [5.74, 6) is -0.183. The maximum atomic E-state index is 12.9. The van der Waals surface area contributed by atoms with E-state index in [4.69, 9.17) is 4.74 Å². The lowest BCUT2D eigenvalue weighted by Gasteiger charge is -2.08. The van der Waals surface area contributed by atoms with E-state index in [1.807, 2.05) is 0 Å². The fourth-order valence-electron chi connectivity index (χ4n) is 3.09. The molecule has 7 heteroatoms. The average Bonchev–Trinajstić information content (AvgIpc) is 3.02. The van der Waals surface area contributed by atoms with Gasteiger partial charge in [0.15, 0.2) is 0 Å².